The smallest absolute Gasteiger partial charge is 0.319 e. The van der Waals surface area contributed by atoms with Gasteiger partial charge in [-0.2, -0.15) is 0 Å². The molecule has 1 aliphatic rings. The van der Waals surface area contributed by atoms with Crippen molar-refractivity contribution in [3.05, 3.63) is 29.3 Å². The zero-order chi connectivity index (χ0) is 14.2. The van der Waals surface area contributed by atoms with Crippen LogP contribution in [0.25, 0.3) is 0 Å². The van der Waals surface area contributed by atoms with E-state index in [1.807, 2.05) is 0 Å². The van der Waals surface area contributed by atoms with E-state index in [0.717, 1.165) is 6.07 Å². The number of amides is 1. The summed E-state index contributed by atoms with van der Waals surface area (Å²) in [6, 6.07) is 2.28. The van der Waals surface area contributed by atoms with Crippen LogP contribution in [0.4, 0.5) is 14.5 Å². The van der Waals surface area contributed by atoms with Gasteiger partial charge in [0.25, 0.3) is 0 Å². The van der Waals surface area contributed by atoms with Crippen molar-refractivity contribution in [2.45, 2.75) is 26.2 Å². The quantitative estimate of drug-likeness (QED) is 0.828. The summed E-state index contributed by atoms with van der Waals surface area (Å²) in [7, 11) is 0. The molecule has 1 aromatic rings. The molecule has 4 nitrogen and oxygen atoms in total. The molecule has 1 saturated carbocycles. The molecule has 2 rings (SSSR count). The van der Waals surface area contributed by atoms with Gasteiger partial charge in [0, 0.05) is 0 Å². The molecule has 1 amide bonds. The van der Waals surface area contributed by atoms with Crippen LogP contribution in [0.3, 0.4) is 0 Å². The summed E-state index contributed by atoms with van der Waals surface area (Å²) < 4.78 is 27.2. The van der Waals surface area contributed by atoms with Gasteiger partial charge in [0.2, 0.25) is 5.91 Å². The second-order valence-electron chi connectivity index (χ2n) is 4.75. The van der Waals surface area contributed by atoms with Crippen LogP contribution in [0.5, 0.6) is 0 Å². The van der Waals surface area contributed by atoms with Crippen LogP contribution in [0, 0.1) is 24.0 Å². The Hall–Kier alpha value is -1.98. The highest BCUT2D eigenvalue weighted by atomic mass is 19.1. The number of carboxylic acids is 1. The van der Waals surface area contributed by atoms with Crippen LogP contribution >= 0.6 is 0 Å². The van der Waals surface area contributed by atoms with Crippen molar-refractivity contribution in [3.8, 4) is 0 Å². The standard InChI is InChI=1S/C13H13F2NO3/c1-7-3-4-8(14)10(9(7)15)16-11(17)13(12(18)19)5-2-6-13/h3-4H,2,5-6H2,1H3,(H,16,17)(H,18,19). The van der Waals surface area contributed by atoms with Crippen LogP contribution in [-0.2, 0) is 9.59 Å². The molecule has 6 heteroatoms. The molecule has 1 aromatic carbocycles. The molecule has 0 heterocycles. The number of nitrogens with one attached hydrogen (secondary N) is 1. The van der Waals surface area contributed by atoms with E-state index in [2.05, 4.69) is 5.32 Å². The number of rotatable bonds is 3. The first-order valence-corrected chi connectivity index (χ1v) is 5.88. The molecule has 0 bridgehead atoms. The van der Waals surface area contributed by atoms with E-state index in [-0.39, 0.29) is 18.4 Å². The molecule has 0 saturated heterocycles. The van der Waals surface area contributed by atoms with Crippen molar-refractivity contribution in [2.24, 2.45) is 5.41 Å². The zero-order valence-corrected chi connectivity index (χ0v) is 10.3. The zero-order valence-electron chi connectivity index (χ0n) is 10.3. The van der Waals surface area contributed by atoms with Crippen LogP contribution in [0.2, 0.25) is 0 Å². The number of anilines is 1. The third-order valence-corrected chi connectivity index (χ3v) is 3.57. The van der Waals surface area contributed by atoms with Gasteiger partial charge in [0.05, 0.1) is 0 Å². The van der Waals surface area contributed by atoms with E-state index in [1.165, 1.54) is 13.0 Å². The predicted molar refractivity (Wildman–Crippen MR) is 63.6 cm³/mol. The summed E-state index contributed by atoms with van der Waals surface area (Å²) in [5.41, 5.74) is -1.96. The van der Waals surface area contributed by atoms with Crippen molar-refractivity contribution >= 4 is 17.6 Å². The third-order valence-electron chi connectivity index (χ3n) is 3.57. The fourth-order valence-corrected chi connectivity index (χ4v) is 2.07. The lowest BCUT2D eigenvalue weighted by molar-refractivity contribution is -0.159. The summed E-state index contributed by atoms with van der Waals surface area (Å²) >= 11 is 0. The third kappa shape index (κ3) is 2.07. The van der Waals surface area contributed by atoms with E-state index < -0.39 is 34.6 Å². The first-order valence-electron chi connectivity index (χ1n) is 5.88. The Bertz CT molecular complexity index is 553. The van der Waals surface area contributed by atoms with Gasteiger partial charge in [0.1, 0.15) is 16.9 Å². The summed E-state index contributed by atoms with van der Waals surface area (Å²) in [5.74, 6) is -3.93. The lowest BCUT2D eigenvalue weighted by atomic mass is 9.68. The van der Waals surface area contributed by atoms with Gasteiger partial charge in [-0.05, 0) is 31.4 Å². The average molecular weight is 269 g/mol. The van der Waals surface area contributed by atoms with Gasteiger partial charge in [-0.1, -0.05) is 12.5 Å². The molecule has 0 spiro atoms. The fourth-order valence-electron chi connectivity index (χ4n) is 2.07. The Morgan fingerprint density at radius 2 is 1.95 bits per heavy atom. The van der Waals surface area contributed by atoms with Gasteiger partial charge >= 0.3 is 5.97 Å². The largest absolute Gasteiger partial charge is 0.480 e. The Morgan fingerprint density at radius 1 is 1.32 bits per heavy atom. The average Bonchev–Trinajstić information content (AvgIpc) is 2.27. The minimum atomic E-state index is -1.55. The number of carboxylic acid groups (broad SMARTS) is 1. The van der Waals surface area contributed by atoms with E-state index in [0.29, 0.717) is 6.42 Å². The molecule has 19 heavy (non-hydrogen) atoms. The topological polar surface area (TPSA) is 66.4 Å². The fraction of sp³-hybridized carbons (Fsp3) is 0.385. The summed E-state index contributed by atoms with van der Waals surface area (Å²) in [5, 5.41) is 11.2. The van der Waals surface area contributed by atoms with E-state index in [9.17, 15) is 18.4 Å². The van der Waals surface area contributed by atoms with Crippen LogP contribution < -0.4 is 5.32 Å². The SMILES string of the molecule is Cc1ccc(F)c(NC(=O)C2(C(=O)O)CCC2)c1F. The maximum Gasteiger partial charge on any atom is 0.319 e. The number of aryl methyl sites for hydroxylation is 1. The second kappa shape index (κ2) is 4.60. The Labute approximate surface area is 108 Å². The Morgan fingerprint density at radius 3 is 2.42 bits per heavy atom. The van der Waals surface area contributed by atoms with Gasteiger partial charge < -0.3 is 10.4 Å². The van der Waals surface area contributed by atoms with Crippen molar-refractivity contribution < 1.29 is 23.5 Å². The first-order chi connectivity index (χ1) is 8.88. The van der Waals surface area contributed by atoms with Crippen molar-refractivity contribution in [3.63, 3.8) is 0 Å². The first kappa shape index (κ1) is 13.5. The van der Waals surface area contributed by atoms with Crippen LogP contribution in [0.15, 0.2) is 12.1 Å². The van der Waals surface area contributed by atoms with Gasteiger partial charge in [-0.25, -0.2) is 8.78 Å². The number of carbonyl (C=O) groups excluding carboxylic acids is 1. The van der Waals surface area contributed by atoms with Crippen LogP contribution in [0.1, 0.15) is 24.8 Å². The highest BCUT2D eigenvalue weighted by Gasteiger charge is 2.51. The summed E-state index contributed by atoms with van der Waals surface area (Å²) in [4.78, 5) is 23.1. The van der Waals surface area contributed by atoms with Gasteiger partial charge in [-0.15, -0.1) is 0 Å². The number of benzene rings is 1. The minimum absolute atomic E-state index is 0.176. The summed E-state index contributed by atoms with van der Waals surface area (Å²) in [6.07, 6.45) is 0.977. The normalized spacial score (nSPS) is 16.6. The molecular formula is C13H13F2NO3. The number of hydrogen-bond donors (Lipinski definition) is 2. The molecule has 0 aliphatic heterocycles. The van der Waals surface area contributed by atoms with Crippen molar-refractivity contribution in [2.75, 3.05) is 5.32 Å². The molecule has 0 radical (unpaired) electrons. The maximum atomic E-state index is 13.7. The Kier molecular flexibility index (Phi) is 3.26. The summed E-state index contributed by atoms with van der Waals surface area (Å²) in [6.45, 7) is 1.43. The van der Waals surface area contributed by atoms with E-state index in [1.54, 1.807) is 0 Å². The van der Waals surface area contributed by atoms with E-state index >= 15 is 0 Å². The number of hydrogen-bond acceptors (Lipinski definition) is 2. The molecule has 0 atom stereocenters. The monoisotopic (exact) mass is 269 g/mol. The molecule has 1 aliphatic carbocycles. The number of carbonyl (C=O) groups is 2. The number of halogens is 2. The van der Waals surface area contributed by atoms with Gasteiger partial charge in [-0.3, -0.25) is 9.59 Å². The van der Waals surface area contributed by atoms with Gasteiger partial charge in [0.15, 0.2) is 5.82 Å². The number of aliphatic carboxylic acids is 1. The Balaban J connectivity index is 2.29. The maximum absolute atomic E-state index is 13.7. The minimum Gasteiger partial charge on any atom is -0.480 e. The molecule has 102 valence electrons. The lowest BCUT2D eigenvalue weighted by Gasteiger charge is -2.35. The lowest BCUT2D eigenvalue weighted by Crippen LogP contribution is -2.48. The molecule has 2 N–H and O–H groups in total. The van der Waals surface area contributed by atoms with Crippen molar-refractivity contribution in [1.82, 2.24) is 0 Å². The molecule has 1 fully saturated rings. The second-order valence-corrected chi connectivity index (χ2v) is 4.75. The highest BCUT2D eigenvalue weighted by molar-refractivity contribution is 6.09. The molecule has 0 unspecified atom stereocenters. The van der Waals surface area contributed by atoms with E-state index in [4.69, 9.17) is 5.11 Å². The molecular weight excluding hydrogens is 256 g/mol. The predicted octanol–water partition coefficient (Wildman–Crippen LogP) is 2.47. The van der Waals surface area contributed by atoms with Crippen molar-refractivity contribution in [1.29, 1.82) is 0 Å². The van der Waals surface area contributed by atoms with Crippen LogP contribution in [-0.4, -0.2) is 17.0 Å². The molecule has 0 aromatic heterocycles. The highest BCUT2D eigenvalue weighted by Crippen LogP contribution is 2.42.